The highest BCUT2D eigenvalue weighted by Crippen LogP contribution is 2.20. The standard InChI is InChI=1S/C18H17IN4O3/c1-2-22-16-6-4-3-5-15(16)21-17(22)9-10-20-18(24)13-8-7-12(23(25)26)11-14(13)19/h3-8,11H,2,9-10H2,1H3,(H,20,24). The van der Waals surface area contributed by atoms with E-state index in [0.717, 1.165) is 23.4 Å². The van der Waals surface area contributed by atoms with E-state index in [1.165, 1.54) is 18.2 Å². The third-order valence-electron chi connectivity index (χ3n) is 4.09. The van der Waals surface area contributed by atoms with Gasteiger partial charge in [0.1, 0.15) is 5.82 Å². The van der Waals surface area contributed by atoms with Gasteiger partial charge in [-0.1, -0.05) is 12.1 Å². The molecule has 0 aliphatic rings. The van der Waals surface area contributed by atoms with Crippen molar-refractivity contribution < 1.29 is 9.72 Å². The van der Waals surface area contributed by atoms with Crippen LogP contribution in [0.25, 0.3) is 11.0 Å². The van der Waals surface area contributed by atoms with Gasteiger partial charge in [-0.2, -0.15) is 0 Å². The molecule has 134 valence electrons. The van der Waals surface area contributed by atoms with Crippen LogP contribution in [0.5, 0.6) is 0 Å². The number of aromatic nitrogens is 2. The van der Waals surface area contributed by atoms with Crippen LogP contribution in [-0.4, -0.2) is 26.9 Å². The van der Waals surface area contributed by atoms with E-state index in [2.05, 4.69) is 21.8 Å². The number of benzene rings is 2. The Morgan fingerprint density at radius 3 is 2.77 bits per heavy atom. The summed E-state index contributed by atoms with van der Waals surface area (Å²) in [5, 5.41) is 13.7. The molecule has 1 N–H and O–H groups in total. The van der Waals surface area contributed by atoms with Crippen LogP contribution in [0.3, 0.4) is 0 Å². The van der Waals surface area contributed by atoms with Crippen molar-refractivity contribution in [3.8, 4) is 0 Å². The predicted molar refractivity (Wildman–Crippen MR) is 107 cm³/mol. The fourth-order valence-corrected chi connectivity index (χ4v) is 3.60. The van der Waals surface area contributed by atoms with Gasteiger partial charge in [-0.15, -0.1) is 0 Å². The quantitative estimate of drug-likeness (QED) is 0.343. The first-order chi connectivity index (χ1) is 12.5. The van der Waals surface area contributed by atoms with Crippen molar-refractivity contribution in [2.24, 2.45) is 0 Å². The molecule has 0 aliphatic carbocycles. The molecule has 0 atom stereocenters. The lowest BCUT2D eigenvalue weighted by molar-refractivity contribution is -0.384. The number of carbonyl (C=O) groups is 1. The van der Waals surface area contributed by atoms with E-state index in [1.807, 2.05) is 46.9 Å². The topological polar surface area (TPSA) is 90.1 Å². The zero-order valence-corrected chi connectivity index (χ0v) is 16.3. The van der Waals surface area contributed by atoms with Gasteiger partial charge in [-0.25, -0.2) is 4.98 Å². The highest BCUT2D eigenvalue weighted by Gasteiger charge is 2.15. The molecule has 0 fully saturated rings. The molecule has 0 spiro atoms. The summed E-state index contributed by atoms with van der Waals surface area (Å²) in [6, 6.07) is 12.2. The summed E-state index contributed by atoms with van der Waals surface area (Å²) >= 11 is 1.94. The summed E-state index contributed by atoms with van der Waals surface area (Å²) in [7, 11) is 0. The van der Waals surface area contributed by atoms with E-state index in [0.29, 0.717) is 22.1 Å². The average Bonchev–Trinajstić information content (AvgIpc) is 2.98. The van der Waals surface area contributed by atoms with Gasteiger partial charge in [0, 0.05) is 35.2 Å². The van der Waals surface area contributed by atoms with Crippen molar-refractivity contribution in [3.63, 3.8) is 0 Å². The first-order valence-electron chi connectivity index (χ1n) is 8.17. The summed E-state index contributed by atoms with van der Waals surface area (Å²) in [4.78, 5) is 27.3. The Morgan fingerprint density at radius 2 is 2.08 bits per heavy atom. The molecule has 0 saturated carbocycles. The molecule has 26 heavy (non-hydrogen) atoms. The Kier molecular flexibility index (Phi) is 5.50. The second-order valence-corrected chi connectivity index (χ2v) is 6.85. The molecule has 8 heteroatoms. The van der Waals surface area contributed by atoms with Gasteiger partial charge in [0.2, 0.25) is 0 Å². The van der Waals surface area contributed by atoms with Crippen LogP contribution >= 0.6 is 22.6 Å². The number of para-hydroxylation sites is 2. The van der Waals surface area contributed by atoms with E-state index in [9.17, 15) is 14.9 Å². The fraction of sp³-hybridized carbons (Fsp3) is 0.222. The van der Waals surface area contributed by atoms with Gasteiger partial charge in [0.05, 0.1) is 21.5 Å². The number of nitrogens with zero attached hydrogens (tertiary/aromatic N) is 3. The van der Waals surface area contributed by atoms with Gasteiger partial charge in [0.25, 0.3) is 11.6 Å². The van der Waals surface area contributed by atoms with Gasteiger partial charge in [-0.05, 0) is 47.7 Å². The van der Waals surface area contributed by atoms with Gasteiger partial charge >= 0.3 is 0 Å². The minimum atomic E-state index is -0.473. The Hall–Kier alpha value is -2.49. The Balaban J connectivity index is 1.68. The largest absolute Gasteiger partial charge is 0.352 e. The normalized spacial score (nSPS) is 10.8. The van der Waals surface area contributed by atoms with Crippen LogP contribution in [0.4, 0.5) is 5.69 Å². The van der Waals surface area contributed by atoms with Gasteiger partial charge < -0.3 is 9.88 Å². The highest BCUT2D eigenvalue weighted by molar-refractivity contribution is 14.1. The molecule has 1 amide bonds. The van der Waals surface area contributed by atoms with Crippen molar-refractivity contribution in [3.05, 3.63) is 67.5 Å². The van der Waals surface area contributed by atoms with Gasteiger partial charge in [0.15, 0.2) is 0 Å². The molecule has 3 rings (SSSR count). The number of rotatable bonds is 6. The predicted octanol–water partition coefficient (Wildman–Crippen LogP) is 3.54. The smallest absolute Gasteiger partial charge is 0.270 e. The molecule has 3 aromatic rings. The summed E-state index contributed by atoms with van der Waals surface area (Å²) in [6.07, 6.45) is 0.609. The third-order valence-corrected chi connectivity index (χ3v) is 4.98. The zero-order chi connectivity index (χ0) is 18.7. The first-order valence-corrected chi connectivity index (χ1v) is 9.25. The summed E-state index contributed by atoms with van der Waals surface area (Å²) in [6.45, 7) is 3.31. The van der Waals surface area contributed by atoms with Crippen molar-refractivity contribution in [1.29, 1.82) is 0 Å². The molecule has 0 unspecified atom stereocenters. The Labute approximate surface area is 163 Å². The van der Waals surface area contributed by atoms with Crippen LogP contribution in [0.2, 0.25) is 0 Å². The minimum Gasteiger partial charge on any atom is -0.352 e. The number of carbonyl (C=O) groups excluding carboxylic acids is 1. The second-order valence-electron chi connectivity index (χ2n) is 5.69. The lowest BCUT2D eigenvalue weighted by Crippen LogP contribution is -2.27. The number of nitro groups is 1. The van der Waals surface area contributed by atoms with Crippen molar-refractivity contribution >= 4 is 45.2 Å². The van der Waals surface area contributed by atoms with E-state index in [-0.39, 0.29) is 11.6 Å². The number of nitrogens with one attached hydrogen (secondary N) is 1. The number of imidazole rings is 1. The Morgan fingerprint density at radius 1 is 1.31 bits per heavy atom. The summed E-state index contributed by atoms with van der Waals surface area (Å²) in [5.74, 6) is 0.677. The molecule has 7 nitrogen and oxygen atoms in total. The lowest BCUT2D eigenvalue weighted by atomic mass is 10.2. The first kappa shape index (κ1) is 18.3. The second kappa shape index (κ2) is 7.81. The maximum Gasteiger partial charge on any atom is 0.270 e. The van der Waals surface area contributed by atoms with Crippen LogP contribution in [0.15, 0.2) is 42.5 Å². The number of halogens is 1. The molecule has 2 aromatic carbocycles. The number of amides is 1. The van der Waals surface area contributed by atoms with Crippen molar-refractivity contribution in [1.82, 2.24) is 14.9 Å². The van der Waals surface area contributed by atoms with Crippen molar-refractivity contribution in [2.75, 3.05) is 6.54 Å². The van der Waals surface area contributed by atoms with Crippen molar-refractivity contribution in [2.45, 2.75) is 19.9 Å². The Bertz CT molecular complexity index is 984. The van der Waals surface area contributed by atoms with Crippen LogP contribution < -0.4 is 5.32 Å². The summed E-state index contributed by atoms with van der Waals surface area (Å²) < 4.78 is 2.69. The maximum atomic E-state index is 12.4. The number of fused-ring (bicyclic) bond motifs is 1. The number of nitro benzene ring substituents is 1. The minimum absolute atomic E-state index is 0.0254. The van der Waals surface area contributed by atoms with Crippen LogP contribution in [-0.2, 0) is 13.0 Å². The molecule has 0 bridgehead atoms. The fourth-order valence-electron chi connectivity index (χ4n) is 2.85. The average molecular weight is 464 g/mol. The molecule has 0 aliphatic heterocycles. The van der Waals surface area contributed by atoms with E-state index >= 15 is 0 Å². The van der Waals surface area contributed by atoms with E-state index in [4.69, 9.17) is 0 Å². The lowest BCUT2D eigenvalue weighted by Gasteiger charge is -2.08. The molecule has 1 aromatic heterocycles. The monoisotopic (exact) mass is 464 g/mol. The molecule has 0 saturated heterocycles. The maximum absolute atomic E-state index is 12.4. The molecule has 0 radical (unpaired) electrons. The number of aryl methyl sites for hydroxylation is 1. The zero-order valence-electron chi connectivity index (χ0n) is 14.1. The third kappa shape index (κ3) is 3.69. The van der Waals surface area contributed by atoms with Crippen LogP contribution in [0, 0.1) is 13.7 Å². The highest BCUT2D eigenvalue weighted by atomic mass is 127. The molecular formula is C18H17IN4O3. The number of hydrogen-bond acceptors (Lipinski definition) is 4. The van der Waals surface area contributed by atoms with Crippen LogP contribution in [0.1, 0.15) is 23.1 Å². The number of non-ortho nitro benzene ring substituents is 1. The summed E-state index contributed by atoms with van der Waals surface area (Å²) in [5.41, 5.74) is 2.43. The molecule has 1 heterocycles. The van der Waals surface area contributed by atoms with E-state index < -0.39 is 4.92 Å². The van der Waals surface area contributed by atoms with E-state index in [1.54, 1.807) is 0 Å². The van der Waals surface area contributed by atoms with Gasteiger partial charge in [-0.3, -0.25) is 14.9 Å². The SMILES string of the molecule is CCn1c(CCNC(=O)c2ccc([N+](=O)[O-])cc2I)nc2ccccc21. The number of hydrogen-bond donors (Lipinski definition) is 1. The molecular weight excluding hydrogens is 447 g/mol.